The van der Waals surface area contributed by atoms with Crippen LogP contribution in [0.3, 0.4) is 0 Å². The molecular formula is C7H7BrF3N3O. The van der Waals surface area contributed by atoms with E-state index in [1.54, 1.807) is 0 Å². The minimum absolute atomic E-state index is 0.0549. The molecule has 84 valence electrons. The zero-order chi connectivity index (χ0) is 11.6. The molecule has 15 heavy (non-hydrogen) atoms. The summed E-state index contributed by atoms with van der Waals surface area (Å²) in [5.74, 6) is -0.633. The molecule has 1 aromatic heterocycles. The lowest BCUT2D eigenvalue weighted by Crippen LogP contribution is -2.13. The molecule has 0 spiro atoms. The van der Waals surface area contributed by atoms with E-state index in [2.05, 4.69) is 26.2 Å². The molecule has 8 heteroatoms. The number of hydrogen-bond donors (Lipinski definition) is 0. The number of alkyl halides is 3. The Morgan fingerprint density at radius 3 is 2.53 bits per heavy atom. The van der Waals surface area contributed by atoms with E-state index < -0.39 is 24.8 Å². The summed E-state index contributed by atoms with van der Waals surface area (Å²) in [6.07, 6.45) is -6.05. The van der Waals surface area contributed by atoms with Crippen molar-refractivity contribution in [2.24, 2.45) is 7.05 Å². The molecule has 0 atom stereocenters. The van der Waals surface area contributed by atoms with Crippen molar-refractivity contribution >= 4 is 21.7 Å². The summed E-state index contributed by atoms with van der Waals surface area (Å²) in [6, 6.07) is 0. The van der Waals surface area contributed by atoms with Crippen molar-refractivity contribution in [3.8, 4) is 0 Å². The summed E-state index contributed by atoms with van der Waals surface area (Å²) in [5.41, 5.74) is 0.0549. The maximum Gasteiger partial charge on any atom is 0.389 e. The van der Waals surface area contributed by atoms with E-state index in [1.807, 2.05) is 0 Å². The van der Waals surface area contributed by atoms with Gasteiger partial charge in [-0.1, -0.05) is 5.21 Å². The maximum absolute atomic E-state index is 11.9. The zero-order valence-corrected chi connectivity index (χ0v) is 9.26. The fourth-order valence-electron chi connectivity index (χ4n) is 1.00. The highest BCUT2D eigenvalue weighted by atomic mass is 79.9. The van der Waals surface area contributed by atoms with Gasteiger partial charge in [0.05, 0.1) is 6.42 Å². The number of ketones is 1. The van der Waals surface area contributed by atoms with Crippen LogP contribution in [0.25, 0.3) is 0 Å². The van der Waals surface area contributed by atoms with E-state index in [9.17, 15) is 18.0 Å². The van der Waals surface area contributed by atoms with E-state index in [0.29, 0.717) is 0 Å². The smallest absolute Gasteiger partial charge is 0.292 e. The van der Waals surface area contributed by atoms with Gasteiger partial charge in [-0.05, 0) is 15.9 Å². The topological polar surface area (TPSA) is 47.8 Å². The molecule has 0 aliphatic rings. The van der Waals surface area contributed by atoms with Crippen molar-refractivity contribution in [3.05, 3.63) is 10.3 Å². The molecule has 0 aromatic carbocycles. The molecule has 0 amide bonds. The first kappa shape index (κ1) is 12.2. The predicted octanol–water partition coefficient (Wildman–Crippen LogP) is 2.10. The third kappa shape index (κ3) is 3.29. The normalized spacial score (nSPS) is 11.8. The molecule has 0 saturated carbocycles. The minimum atomic E-state index is -4.33. The number of carbonyl (C=O) groups excluding carboxylic acids is 1. The van der Waals surface area contributed by atoms with Crippen LogP contribution in [0.4, 0.5) is 13.2 Å². The van der Waals surface area contributed by atoms with Gasteiger partial charge in [-0.15, -0.1) is 5.10 Å². The van der Waals surface area contributed by atoms with E-state index in [1.165, 1.54) is 7.05 Å². The first-order chi connectivity index (χ1) is 6.81. The quantitative estimate of drug-likeness (QED) is 0.799. The number of rotatable bonds is 3. The average molecular weight is 286 g/mol. The first-order valence-corrected chi connectivity index (χ1v) is 4.75. The van der Waals surface area contributed by atoms with Crippen LogP contribution in [0.2, 0.25) is 0 Å². The number of hydrogen-bond acceptors (Lipinski definition) is 3. The molecule has 1 rings (SSSR count). The summed E-state index contributed by atoms with van der Waals surface area (Å²) >= 11 is 2.94. The van der Waals surface area contributed by atoms with Crippen molar-refractivity contribution in [1.82, 2.24) is 15.0 Å². The number of nitrogens with zero attached hydrogens (tertiary/aromatic N) is 3. The molecular weight excluding hydrogens is 279 g/mol. The summed E-state index contributed by atoms with van der Waals surface area (Å²) in [7, 11) is 1.44. The van der Waals surface area contributed by atoms with Gasteiger partial charge in [-0.25, -0.2) is 4.68 Å². The molecule has 0 unspecified atom stereocenters. The summed E-state index contributed by atoms with van der Waals surface area (Å²) in [5, 5.41) is 7.01. The van der Waals surface area contributed by atoms with Crippen LogP contribution in [-0.4, -0.2) is 27.0 Å². The second-order valence-corrected chi connectivity index (χ2v) is 3.64. The van der Waals surface area contributed by atoms with Gasteiger partial charge in [-0.2, -0.15) is 13.2 Å². The largest absolute Gasteiger partial charge is 0.389 e. The Labute approximate surface area is 91.6 Å². The van der Waals surface area contributed by atoms with Gasteiger partial charge in [0.2, 0.25) is 0 Å². The van der Waals surface area contributed by atoms with Gasteiger partial charge in [-0.3, -0.25) is 4.79 Å². The minimum Gasteiger partial charge on any atom is -0.292 e. The van der Waals surface area contributed by atoms with Gasteiger partial charge in [0.25, 0.3) is 0 Å². The number of halogens is 4. The summed E-state index contributed by atoms with van der Waals surface area (Å²) in [4.78, 5) is 11.4. The van der Waals surface area contributed by atoms with Crippen molar-refractivity contribution in [2.45, 2.75) is 19.0 Å². The SMILES string of the molecule is Cn1nnc(Br)c1C(=O)CCC(F)(F)F. The van der Waals surface area contributed by atoms with E-state index in [4.69, 9.17) is 0 Å². The predicted molar refractivity (Wildman–Crippen MR) is 48.3 cm³/mol. The molecule has 0 radical (unpaired) electrons. The van der Waals surface area contributed by atoms with E-state index in [0.717, 1.165) is 4.68 Å². The molecule has 4 nitrogen and oxygen atoms in total. The van der Waals surface area contributed by atoms with Crippen LogP contribution >= 0.6 is 15.9 Å². The highest BCUT2D eigenvalue weighted by Gasteiger charge is 2.29. The monoisotopic (exact) mass is 285 g/mol. The van der Waals surface area contributed by atoms with Crippen molar-refractivity contribution in [2.75, 3.05) is 0 Å². The zero-order valence-electron chi connectivity index (χ0n) is 7.68. The Balaban J connectivity index is 2.70. The van der Waals surface area contributed by atoms with Gasteiger partial charge in [0.15, 0.2) is 10.4 Å². The molecule has 0 aliphatic heterocycles. The van der Waals surface area contributed by atoms with Gasteiger partial charge in [0, 0.05) is 13.5 Å². The fraction of sp³-hybridized carbons (Fsp3) is 0.571. The van der Waals surface area contributed by atoms with E-state index in [-0.39, 0.29) is 10.3 Å². The average Bonchev–Trinajstić information content (AvgIpc) is 2.41. The highest BCUT2D eigenvalue weighted by molar-refractivity contribution is 9.10. The summed E-state index contributed by atoms with van der Waals surface area (Å²) < 4.78 is 36.9. The van der Waals surface area contributed by atoms with Gasteiger partial charge in [0.1, 0.15) is 5.69 Å². The number of Topliss-reactive ketones (excluding diaryl/α,β-unsaturated/α-hetero) is 1. The number of aryl methyl sites for hydroxylation is 1. The van der Waals surface area contributed by atoms with Crippen LogP contribution in [-0.2, 0) is 7.05 Å². The molecule has 1 heterocycles. The molecule has 1 aromatic rings. The molecule has 0 bridgehead atoms. The van der Waals surface area contributed by atoms with Crippen LogP contribution in [0.5, 0.6) is 0 Å². The lowest BCUT2D eigenvalue weighted by molar-refractivity contribution is -0.133. The summed E-state index contributed by atoms with van der Waals surface area (Å²) in [6.45, 7) is 0. The Morgan fingerprint density at radius 2 is 2.13 bits per heavy atom. The number of aromatic nitrogens is 3. The van der Waals surface area contributed by atoms with Crippen molar-refractivity contribution < 1.29 is 18.0 Å². The van der Waals surface area contributed by atoms with Crippen LogP contribution in [0, 0.1) is 0 Å². The third-order valence-corrected chi connectivity index (χ3v) is 2.22. The number of carbonyl (C=O) groups is 1. The molecule has 0 fully saturated rings. The standard InChI is InChI=1S/C7H7BrF3N3O/c1-14-5(6(8)12-13-14)4(15)2-3-7(9,10)11/h2-3H2,1H3. The van der Waals surface area contributed by atoms with Crippen molar-refractivity contribution in [3.63, 3.8) is 0 Å². The van der Waals surface area contributed by atoms with Gasteiger partial charge < -0.3 is 0 Å². The Morgan fingerprint density at radius 1 is 1.53 bits per heavy atom. The Hall–Kier alpha value is -0.920. The van der Waals surface area contributed by atoms with Crippen molar-refractivity contribution in [1.29, 1.82) is 0 Å². The van der Waals surface area contributed by atoms with Crippen LogP contribution in [0.1, 0.15) is 23.3 Å². The van der Waals surface area contributed by atoms with Crippen LogP contribution in [0.15, 0.2) is 4.60 Å². The van der Waals surface area contributed by atoms with Crippen LogP contribution < -0.4 is 0 Å². The van der Waals surface area contributed by atoms with Gasteiger partial charge >= 0.3 is 6.18 Å². The molecule has 0 N–H and O–H groups in total. The lowest BCUT2D eigenvalue weighted by Gasteiger charge is -2.05. The lowest BCUT2D eigenvalue weighted by atomic mass is 10.2. The second kappa shape index (κ2) is 4.30. The second-order valence-electron chi connectivity index (χ2n) is 2.89. The third-order valence-electron chi connectivity index (χ3n) is 1.69. The maximum atomic E-state index is 11.9. The fourth-order valence-corrected chi connectivity index (χ4v) is 1.55. The Kier molecular flexibility index (Phi) is 3.48. The first-order valence-electron chi connectivity index (χ1n) is 3.96. The highest BCUT2D eigenvalue weighted by Crippen LogP contribution is 2.23. The molecule has 0 aliphatic carbocycles. The molecule has 0 saturated heterocycles. The van der Waals surface area contributed by atoms with E-state index >= 15 is 0 Å². The Bertz CT molecular complexity index is 355.